The van der Waals surface area contributed by atoms with Crippen molar-refractivity contribution in [1.82, 2.24) is 0 Å². The van der Waals surface area contributed by atoms with E-state index in [1.54, 1.807) is 0 Å². The van der Waals surface area contributed by atoms with Gasteiger partial charge < -0.3 is 0 Å². The number of fused-ring (bicyclic) bond motifs is 2. The zero-order valence-corrected chi connectivity index (χ0v) is 41.9. The SMILES string of the molecule is C[Si]C.Cc1cc(C)cc(-c2cccc3[cH-]c(CC4(C)CCCCCC4)cc23)c1.Cc1cc(C)cc(-c2cccc3[cH-]c(CC4(C)CCCCCC4)cc23)c1.[Cl][Zr+2][Cl]. The molecule has 0 nitrogen and oxygen atoms in total. The molecule has 0 N–H and O–H groups in total. The molecule has 2 radical (unpaired) electrons. The van der Waals surface area contributed by atoms with Crippen LogP contribution in [0.15, 0.2) is 97.1 Å². The first kappa shape index (κ1) is 46.8. The van der Waals surface area contributed by atoms with Crippen molar-refractivity contribution in [3.8, 4) is 22.3 Å². The molecule has 6 aromatic rings. The molecule has 2 saturated carbocycles. The normalized spacial score (nSPS) is 16.0. The number of rotatable bonds is 6. The third kappa shape index (κ3) is 13.4. The molecule has 0 unspecified atom stereocenters. The third-order valence-electron chi connectivity index (χ3n) is 12.6. The van der Waals surface area contributed by atoms with E-state index in [2.05, 4.69) is 152 Å². The van der Waals surface area contributed by atoms with Crippen molar-refractivity contribution in [2.75, 3.05) is 0 Å². The van der Waals surface area contributed by atoms with E-state index in [0.717, 1.165) is 9.52 Å². The van der Waals surface area contributed by atoms with Gasteiger partial charge >= 0.3 is 37.9 Å². The minimum atomic E-state index is -0.826. The Hall–Kier alpha value is -2.22. The second-order valence-electron chi connectivity index (χ2n) is 18.5. The molecule has 0 heterocycles. The minimum absolute atomic E-state index is 0.487. The van der Waals surface area contributed by atoms with E-state index in [4.69, 9.17) is 17.0 Å². The summed E-state index contributed by atoms with van der Waals surface area (Å²) < 4.78 is 0. The Balaban J connectivity index is 0.000000195. The van der Waals surface area contributed by atoms with Crippen LogP contribution in [0.1, 0.15) is 124 Å². The average Bonchev–Trinajstić information content (AvgIpc) is 3.61. The maximum absolute atomic E-state index is 4.93. The van der Waals surface area contributed by atoms with Crippen LogP contribution in [-0.4, -0.2) is 9.52 Å². The zero-order valence-electron chi connectivity index (χ0n) is 36.9. The van der Waals surface area contributed by atoms with Crippen molar-refractivity contribution >= 4 is 48.1 Å². The van der Waals surface area contributed by atoms with Gasteiger partial charge in [-0.15, -0.1) is 69.1 Å². The Morgan fingerprint density at radius 3 is 1.14 bits per heavy atom. The molecule has 0 amide bonds. The third-order valence-corrected chi connectivity index (χ3v) is 12.6. The molecule has 2 fully saturated rings. The van der Waals surface area contributed by atoms with Gasteiger partial charge in [0.1, 0.15) is 0 Å². The molecule has 4 heteroatoms. The van der Waals surface area contributed by atoms with E-state index in [1.807, 2.05) is 0 Å². The summed E-state index contributed by atoms with van der Waals surface area (Å²) >= 11 is -0.826. The predicted octanol–water partition coefficient (Wildman–Crippen LogP) is 17.7. The fraction of sp³-hybridized carbons (Fsp3) is 0.444. The molecule has 0 spiro atoms. The maximum atomic E-state index is 4.93. The van der Waals surface area contributed by atoms with E-state index in [9.17, 15) is 0 Å². The molecule has 6 aromatic carbocycles. The Morgan fingerprint density at radius 1 is 0.517 bits per heavy atom. The molecule has 2 aliphatic rings. The second kappa shape index (κ2) is 22.6. The molecule has 306 valence electrons. The first-order valence-electron chi connectivity index (χ1n) is 22.0. The van der Waals surface area contributed by atoms with Gasteiger partial charge in [-0.05, 0) is 88.2 Å². The van der Waals surface area contributed by atoms with E-state index in [1.165, 1.54) is 167 Å². The van der Waals surface area contributed by atoms with Crippen molar-refractivity contribution in [1.29, 1.82) is 0 Å². The molecule has 8 rings (SSSR count). The molecule has 0 atom stereocenters. The molecular formula is C54H68Cl2SiZr. The van der Waals surface area contributed by atoms with Gasteiger partial charge in [-0.3, -0.25) is 0 Å². The van der Waals surface area contributed by atoms with E-state index >= 15 is 0 Å². The number of benzene rings is 4. The first-order valence-corrected chi connectivity index (χ1v) is 30.3. The number of aryl methyl sites for hydroxylation is 4. The fourth-order valence-corrected chi connectivity index (χ4v) is 10.1. The first-order chi connectivity index (χ1) is 27.9. The second-order valence-corrected chi connectivity index (χ2v) is 23.2. The summed E-state index contributed by atoms with van der Waals surface area (Å²) in [7, 11) is 11.0. The molecular weight excluding hydrogens is 839 g/mol. The van der Waals surface area contributed by atoms with Crippen molar-refractivity contribution in [3.63, 3.8) is 0 Å². The van der Waals surface area contributed by atoms with Crippen molar-refractivity contribution in [3.05, 3.63) is 130 Å². The van der Waals surface area contributed by atoms with Crippen molar-refractivity contribution in [2.24, 2.45) is 10.8 Å². The molecule has 58 heavy (non-hydrogen) atoms. The number of hydrogen-bond donors (Lipinski definition) is 0. The molecule has 0 aliphatic heterocycles. The van der Waals surface area contributed by atoms with Gasteiger partial charge in [-0.25, -0.2) is 0 Å². The van der Waals surface area contributed by atoms with Gasteiger partial charge in [0.15, 0.2) is 0 Å². The van der Waals surface area contributed by atoms with Crippen LogP contribution in [-0.2, 0) is 33.7 Å². The number of halogens is 2. The Kier molecular flexibility index (Phi) is 18.2. The molecule has 2 aliphatic carbocycles. The van der Waals surface area contributed by atoms with Gasteiger partial charge in [0.2, 0.25) is 0 Å². The molecule has 0 saturated heterocycles. The summed E-state index contributed by atoms with van der Waals surface area (Å²) in [5.74, 6) is 0. The topological polar surface area (TPSA) is 0 Å². The van der Waals surface area contributed by atoms with Crippen LogP contribution < -0.4 is 0 Å². The van der Waals surface area contributed by atoms with Gasteiger partial charge in [0.25, 0.3) is 0 Å². The average molecular weight is 907 g/mol. The Labute approximate surface area is 374 Å². The van der Waals surface area contributed by atoms with E-state index in [0.29, 0.717) is 10.8 Å². The van der Waals surface area contributed by atoms with E-state index < -0.39 is 20.8 Å². The summed E-state index contributed by atoms with van der Waals surface area (Å²) in [5.41, 5.74) is 14.9. The van der Waals surface area contributed by atoms with Crippen LogP contribution in [0.25, 0.3) is 43.8 Å². The van der Waals surface area contributed by atoms with Crippen LogP contribution in [0.3, 0.4) is 0 Å². The zero-order chi connectivity index (χ0) is 41.7. The quantitative estimate of drug-likeness (QED) is 0.0887. The summed E-state index contributed by atoms with van der Waals surface area (Å²) in [4.78, 5) is 0. The van der Waals surface area contributed by atoms with Crippen LogP contribution in [0.4, 0.5) is 0 Å². The van der Waals surface area contributed by atoms with Crippen LogP contribution in [0.2, 0.25) is 13.1 Å². The van der Waals surface area contributed by atoms with Crippen molar-refractivity contribution in [2.45, 2.75) is 145 Å². The van der Waals surface area contributed by atoms with Crippen molar-refractivity contribution < 1.29 is 20.8 Å². The monoisotopic (exact) mass is 904 g/mol. The van der Waals surface area contributed by atoms with Gasteiger partial charge in [0, 0.05) is 9.52 Å². The predicted molar refractivity (Wildman–Crippen MR) is 257 cm³/mol. The molecule has 0 bridgehead atoms. The van der Waals surface area contributed by atoms with Gasteiger partial charge in [0.05, 0.1) is 0 Å². The van der Waals surface area contributed by atoms with Gasteiger partial charge in [-0.1, -0.05) is 160 Å². The Bertz CT molecular complexity index is 1970. The van der Waals surface area contributed by atoms with Crippen LogP contribution in [0.5, 0.6) is 0 Å². The summed E-state index contributed by atoms with van der Waals surface area (Å²) in [6.45, 7) is 18.1. The summed E-state index contributed by atoms with van der Waals surface area (Å²) in [5, 5.41) is 5.64. The standard InChI is InChI=1S/2C26H31.C2H6Si.2ClH.Zr/c2*1-19-13-20(2)15-23(14-19)24-10-8-9-22-16-21(17-25(22)24)18-26(3)11-6-4-5-7-12-26;1-3-2;;;/h2*8-10,13-17H,4-7,11-12,18H2,1-3H3;1-2H3;2*1H;/q2*-1;;;;+4/p-2. The van der Waals surface area contributed by atoms with Crippen LogP contribution >= 0.6 is 17.0 Å². The van der Waals surface area contributed by atoms with Gasteiger partial charge in [-0.2, -0.15) is 12.1 Å². The van der Waals surface area contributed by atoms with E-state index in [-0.39, 0.29) is 0 Å². The molecule has 0 aromatic heterocycles. The fourth-order valence-electron chi connectivity index (χ4n) is 10.1. The number of hydrogen-bond acceptors (Lipinski definition) is 0. The summed E-state index contributed by atoms with van der Waals surface area (Å²) in [6, 6.07) is 37.2. The Morgan fingerprint density at radius 2 is 0.828 bits per heavy atom. The van der Waals surface area contributed by atoms with Crippen LogP contribution in [0, 0.1) is 38.5 Å². The summed E-state index contributed by atoms with van der Waals surface area (Å²) in [6.07, 6.45) is 19.3.